The number of carbonyl (C=O) groups is 1. The number of aromatic nitrogens is 4. The minimum absolute atomic E-state index is 0.167. The van der Waals surface area contributed by atoms with Crippen molar-refractivity contribution in [2.24, 2.45) is 0 Å². The highest BCUT2D eigenvalue weighted by Crippen LogP contribution is 2.22. The number of fused-ring (bicyclic) bond motifs is 1. The average Bonchev–Trinajstić information content (AvgIpc) is 2.62. The molecule has 0 bridgehead atoms. The highest BCUT2D eigenvalue weighted by molar-refractivity contribution is 7.99. The Morgan fingerprint density at radius 1 is 1.35 bits per heavy atom. The van der Waals surface area contributed by atoms with Crippen molar-refractivity contribution in [3.05, 3.63) is 51.7 Å². The third kappa shape index (κ3) is 3.86. The van der Waals surface area contributed by atoms with E-state index in [1.54, 1.807) is 18.2 Å². The lowest BCUT2D eigenvalue weighted by Crippen LogP contribution is -2.28. The molecule has 2 heterocycles. The molecule has 134 valence electrons. The molecule has 0 saturated heterocycles. The van der Waals surface area contributed by atoms with Crippen molar-refractivity contribution in [1.82, 2.24) is 19.5 Å². The van der Waals surface area contributed by atoms with Crippen molar-refractivity contribution in [3.8, 4) is 0 Å². The van der Waals surface area contributed by atoms with Gasteiger partial charge in [-0.2, -0.15) is 0 Å². The standard InChI is InChI=1S/C17H16ClN5O2S/c1-3-26-17-19-7-11-15(22-17)20-9-23(16(11)25)8-14(24)21-13-6-4-5-12(18)10(13)2/h4-7,9H,3,8H2,1-2H3,(H,21,24). The first-order valence-corrected chi connectivity index (χ1v) is 9.26. The minimum Gasteiger partial charge on any atom is -0.324 e. The van der Waals surface area contributed by atoms with Crippen molar-refractivity contribution >= 4 is 46.0 Å². The number of thioether (sulfide) groups is 1. The van der Waals surface area contributed by atoms with Gasteiger partial charge in [-0.15, -0.1) is 0 Å². The number of benzene rings is 1. The van der Waals surface area contributed by atoms with Gasteiger partial charge in [0.1, 0.15) is 18.3 Å². The van der Waals surface area contributed by atoms with E-state index in [1.165, 1.54) is 28.9 Å². The van der Waals surface area contributed by atoms with E-state index in [-0.39, 0.29) is 23.4 Å². The molecule has 2 aromatic heterocycles. The maximum atomic E-state index is 12.5. The molecule has 0 aliphatic carbocycles. The molecule has 0 radical (unpaired) electrons. The Labute approximate surface area is 158 Å². The molecule has 1 N–H and O–H groups in total. The fourth-order valence-electron chi connectivity index (χ4n) is 2.34. The zero-order chi connectivity index (χ0) is 18.7. The number of hydrogen-bond acceptors (Lipinski definition) is 6. The van der Waals surface area contributed by atoms with Crippen molar-refractivity contribution in [1.29, 1.82) is 0 Å². The van der Waals surface area contributed by atoms with Crippen LogP contribution < -0.4 is 10.9 Å². The monoisotopic (exact) mass is 389 g/mol. The first kappa shape index (κ1) is 18.3. The van der Waals surface area contributed by atoms with E-state index in [1.807, 2.05) is 13.8 Å². The van der Waals surface area contributed by atoms with Gasteiger partial charge in [-0.1, -0.05) is 36.4 Å². The molecule has 26 heavy (non-hydrogen) atoms. The van der Waals surface area contributed by atoms with E-state index >= 15 is 0 Å². The summed E-state index contributed by atoms with van der Waals surface area (Å²) >= 11 is 7.52. The molecule has 3 aromatic rings. The van der Waals surface area contributed by atoms with Crippen LogP contribution in [0.15, 0.2) is 40.7 Å². The molecule has 0 unspecified atom stereocenters. The molecule has 1 amide bonds. The smallest absolute Gasteiger partial charge is 0.264 e. The number of hydrogen-bond donors (Lipinski definition) is 1. The SMILES string of the molecule is CCSc1ncc2c(=O)n(CC(=O)Nc3cccc(Cl)c3C)cnc2n1. The molecule has 0 aliphatic rings. The maximum Gasteiger partial charge on any atom is 0.264 e. The average molecular weight is 390 g/mol. The van der Waals surface area contributed by atoms with Gasteiger partial charge in [-0.3, -0.25) is 14.2 Å². The predicted octanol–water partition coefficient (Wildman–Crippen LogP) is 2.90. The van der Waals surface area contributed by atoms with Gasteiger partial charge in [-0.25, -0.2) is 15.0 Å². The topological polar surface area (TPSA) is 89.8 Å². The fourth-order valence-corrected chi connectivity index (χ4v) is 3.05. The second-order valence-corrected chi connectivity index (χ2v) is 7.10. The summed E-state index contributed by atoms with van der Waals surface area (Å²) in [5, 5.41) is 4.16. The second kappa shape index (κ2) is 7.84. The van der Waals surface area contributed by atoms with Gasteiger partial charge in [0.2, 0.25) is 5.91 Å². The van der Waals surface area contributed by atoms with E-state index in [9.17, 15) is 9.59 Å². The van der Waals surface area contributed by atoms with E-state index in [0.717, 1.165) is 11.3 Å². The van der Waals surface area contributed by atoms with Crippen LogP contribution in [0.3, 0.4) is 0 Å². The lowest BCUT2D eigenvalue weighted by molar-refractivity contribution is -0.116. The van der Waals surface area contributed by atoms with Gasteiger partial charge < -0.3 is 5.32 Å². The minimum atomic E-state index is -0.360. The Morgan fingerprint density at radius 3 is 2.92 bits per heavy atom. The first-order chi connectivity index (χ1) is 12.5. The van der Waals surface area contributed by atoms with Crippen molar-refractivity contribution < 1.29 is 4.79 Å². The van der Waals surface area contributed by atoms with Crippen LogP contribution in [0.1, 0.15) is 12.5 Å². The Balaban J connectivity index is 1.83. The van der Waals surface area contributed by atoms with Crippen LogP contribution in [0.5, 0.6) is 0 Å². The summed E-state index contributed by atoms with van der Waals surface area (Å²) < 4.78 is 1.23. The number of nitrogens with zero attached hydrogens (tertiary/aromatic N) is 4. The number of anilines is 1. The highest BCUT2D eigenvalue weighted by atomic mass is 35.5. The highest BCUT2D eigenvalue weighted by Gasteiger charge is 2.12. The lowest BCUT2D eigenvalue weighted by atomic mass is 10.2. The molecular formula is C17H16ClN5O2S. The van der Waals surface area contributed by atoms with Crippen LogP contribution in [-0.4, -0.2) is 31.2 Å². The molecule has 1 aromatic carbocycles. The summed E-state index contributed by atoms with van der Waals surface area (Å²) in [5.74, 6) is 0.476. The summed E-state index contributed by atoms with van der Waals surface area (Å²) in [4.78, 5) is 37.4. The molecule has 9 heteroatoms. The van der Waals surface area contributed by atoms with Crippen LogP contribution in [0.2, 0.25) is 5.02 Å². The van der Waals surface area contributed by atoms with E-state index in [4.69, 9.17) is 11.6 Å². The Kier molecular flexibility index (Phi) is 5.53. The molecular weight excluding hydrogens is 374 g/mol. The van der Waals surface area contributed by atoms with Crippen molar-refractivity contribution in [2.45, 2.75) is 25.5 Å². The summed E-state index contributed by atoms with van der Waals surface area (Å²) in [7, 11) is 0. The third-order valence-electron chi connectivity index (χ3n) is 3.69. The van der Waals surface area contributed by atoms with Crippen molar-refractivity contribution in [2.75, 3.05) is 11.1 Å². The predicted molar refractivity (Wildman–Crippen MR) is 103 cm³/mol. The van der Waals surface area contributed by atoms with Gasteiger partial charge in [-0.05, 0) is 30.4 Å². The largest absolute Gasteiger partial charge is 0.324 e. The third-order valence-corrected chi connectivity index (χ3v) is 4.84. The molecule has 0 aliphatic heterocycles. The molecule has 0 atom stereocenters. The molecule has 0 spiro atoms. The number of nitrogens with one attached hydrogen (secondary N) is 1. The number of amides is 1. The Bertz CT molecular complexity index is 1040. The van der Waals surface area contributed by atoms with Crippen LogP contribution in [-0.2, 0) is 11.3 Å². The summed E-state index contributed by atoms with van der Waals surface area (Å²) in [6, 6.07) is 5.24. The van der Waals surface area contributed by atoms with Crippen molar-refractivity contribution in [3.63, 3.8) is 0 Å². The first-order valence-electron chi connectivity index (χ1n) is 7.89. The molecule has 7 nitrogen and oxygen atoms in total. The number of carbonyl (C=O) groups excluding carboxylic acids is 1. The van der Waals surface area contributed by atoms with Crippen LogP contribution in [0, 0.1) is 6.92 Å². The van der Waals surface area contributed by atoms with E-state index < -0.39 is 0 Å². The zero-order valence-electron chi connectivity index (χ0n) is 14.2. The zero-order valence-corrected chi connectivity index (χ0v) is 15.8. The van der Waals surface area contributed by atoms with E-state index in [2.05, 4.69) is 20.3 Å². The lowest BCUT2D eigenvalue weighted by Gasteiger charge is -2.10. The summed E-state index contributed by atoms with van der Waals surface area (Å²) in [6.07, 6.45) is 2.77. The summed E-state index contributed by atoms with van der Waals surface area (Å²) in [6.45, 7) is 3.63. The van der Waals surface area contributed by atoms with Gasteiger partial charge in [0.25, 0.3) is 5.56 Å². The number of rotatable bonds is 5. The van der Waals surface area contributed by atoms with Gasteiger partial charge >= 0.3 is 0 Å². The van der Waals surface area contributed by atoms with Gasteiger partial charge in [0.15, 0.2) is 10.8 Å². The molecule has 0 saturated carbocycles. The van der Waals surface area contributed by atoms with E-state index in [0.29, 0.717) is 21.5 Å². The Morgan fingerprint density at radius 2 is 2.15 bits per heavy atom. The maximum absolute atomic E-state index is 12.5. The van der Waals surface area contributed by atoms with Gasteiger partial charge in [0, 0.05) is 16.9 Å². The second-order valence-electron chi connectivity index (χ2n) is 5.46. The number of halogens is 1. The van der Waals surface area contributed by atoms with Crippen LogP contribution in [0.4, 0.5) is 5.69 Å². The van der Waals surface area contributed by atoms with Crippen LogP contribution in [0.25, 0.3) is 11.0 Å². The van der Waals surface area contributed by atoms with Crippen LogP contribution >= 0.6 is 23.4 Å². The normalized spacial score (nSPS) is 10.9. The molecule has 0 fully saturated rings. The fraction of sp³-hybridized carbons (Fsp3) is 0.235. The van der Waals surface area contributed by atoms with Gasteiger partial charge in [0.05, 0.1) is 0 Å². The Hall–Kier alpha value is -2.45. The quantitative estimate of drug-likeness (QED) is 0.533. The summed E-state index contributed by atoms with van der Waals surface area (Å²) in [5.41, 5.74) is 1.33. The molecule has 3 rings (SSSR count).